The van der Waals surface area contributed by atoms with Crippen molar-refractivity contribution in [1.82, 2.24) is 5.32 Å². The van der Waals surface area contributed by atoms with E-state index >= 15 is 0 Å². The predicted octanol–water partition coefficient (Wildman–Crippen LogP) is 1.94. The van der Waals surface area contributed by atoms with Gasteiger partial charge < -0.3 is 10.6 Å². The van der Waals surface area contributed by atoms with Gasteiger partial charge in [-0.15, -0.1) is 6.58 Å². The highest BCUT2D eigenvalue weighted by Gasteiger charge is 2.17. The van der Waals surface area contributed by atoms with Crippen LogP contribution in [0.2, 0.25) is 0 Å². The van der Waals surface area contributed by atoms with Gasteiger partial charge in [0.25, 0.3) is 11.6 Å². The molecule has 0 saturated heterocycles. The Morgan fingerprint density at radius 1 is 1.56 bits per heavy atom. The van der Waals surface area contributed by atoms with Gasteiger partial charge in [0.2, 0.25) is 0 Å². The van der Waals surface area contributed by atoms with Gasteiger partial charge >= 0.3 is 0 Å². The molecule has 96 valence electrons. The molecule has 0 heterocycles. The Morgan fingerprint density at radius 2 is 2.22 bits per heavy atom. The highest BCUT2D eigenvalue weighted by molar-refractivity contribution is 5.95. The summed E-state index contributed by atoms with van der Waals surface area (Å²) in [6.45, 7) is 5.42. The highest BCUT2D eigenvalue weighted by Crippen LogP contribution is 2.26. The van der Waals surface area contributed by atoms with Crippen molar-refractivity contribution >= 4 is 17.3 Å². The summed E-state index contributed by atoms with van der Waals surface area (Å²) in [4.78, 5) is 21.8. The largest absolute Gasteiger partial charge is 0.374 e. The number of nitrogens with zero attached hydrogens (tertiary/aromatic N) is 1. The number of nitro groups is 1. The van der Waals surface area contributed by atoms with E-state index in [4.69, 9.17) is 0 Å². The SMILES string of the molecule is C=CC(C)Nc1ccc(C(=O)NC)cc1[N+](=O)[O-]. The van der Waals surface area contributed by atoms with Crippen LogP contribution in [-0.2, 0) is 0 Å². The van der Waals surface area contributed by atoms with Crippen molar-refractivity contribution in [3.05, 3.63) is 46.5 Å². The maximum atomic E-state index is 11.4. The molecule has 1 aromatic rings. The predicted molar refractivity (Wildman–Crippen MR) is 69.8 cm³/mol. The van der Waals surface area contributed by atoms with Gasteiger partial charge in [0.15, 0.2) is 0 Å². The van der Waals surface area contributed by atoms with E-state index in [0.717, 1.165) is 0 Å². The van der Waals surface area contributed by atoms with E-state index in [1.807, 2.05) is 6.92 Å². The summed E-state index contributed by atoms with van der Waals surface area (Å²) in [6, 6.07) is 4.19. The molecule has 1 amide bonds. The Bertz CT molecular complexity index is 485. The van der Waals surface area contributed by atoms with Crippen molar-refractivity contribution in [2.75, 3.05) is 12.4 Å². The van der Waals surface area contributed by atoms with Gasteiger partial charge in [0.1, 0.15) is 5.69 Å². The lowest BCUT2D eigenvalue weighted by Gasteiger charge is -2.11. The molecule has 1 atom stereocenters. The standard InChI is InChI=1S/C12H15N3O3/c1-4-8(2)14-10-6-5-9(12(16)13-3)7-11(10)15(17)18/h4-8,14H,1H2,2-3H3,(H,13,16). The molecular formula is C12H15N3O3. The van der Waals surface area contributed by atoms with Gasteiger partial charge in [0.05, 0.1) is 4.92 Å². The second-order valence-electron chi connectivity index (χ2n) is 3.74. The third-order valence-corrected chi connectivity index (χ3v) is 2.42. The van der Waals surface area contributed by atoms with Crippen LogP contribution in [0.15, 0.2) is 30.9 Å². The van der Waals surface area contributed by atoms with E-state index in [1.54, 1.807) is 6.08 Å². The van der Waals surface area contributed by atoms with Crippen LogP contribution in [0.25, 0.3) is 0 Å². The van der Waals surface area contributed by atoms with Gasteiger partial charge in [-0.05, 0) is 19.1 Å². The average molecular weight is 249 g/mol. The number of hydrogen-bond donors (Lipinski definition) is 2. The lowest BCUT2D eigenvalue weighted by molar-refractivity contribution is -0.384. The summed E-state index contributed by atoms with van der Waals surface area (Å²) in [5.41, 5.74) is 0.478. The average Bonchev–Trinajstić information content (AvgIpc) is 2.37. The van der Waals surface area contributed by atoms with E-state index in [0.29, 0.717) is 5.69 Å². The van der Waals surface area contributed by atoms with Crippen LogP contribution in [-0.4, -0.2) is 23.9 Å². The summed E-state index contributed by atoms with van der Waals surface area (Å²) in [5, 5.41) is 16.3. The fourth-order valence-corrected chi connectivity index (χ4v) is 1.39. The summed E-state index contributed by atoms with van der Waals surface area (Å²) >= 11 is 0. The second-order valence-corrected chi connectivity index (χ2v) is 3.74. The van der Waals surface area contributed by atoms with Gasteiger partial charge in [0, 0.05) is 24.7 Å². The van der Waals surface area contributed by atoms with Crippen molar-refractivity contribution in [3.63, 3.8) is 0 Å². The van der Waals surface area contributed by atoms with Crippen LogP contribution in [0.3, 0.4) is 0 Å². The molecule has 6 heteroatoms. The van der Waals surface area contributed by atoms with E-state index < -0.39 is 4.92 Å². The maximum Gasteiger partial charge on any atom is 0.293 e. The van der Waals surface area contributed by atoms with Crippen LogP contribution in [0.1, 0.15) is 17.3 Å². The molecule has 0 aliphatic heterocycles. The lowest BCUT2D eigenvalue weighted by Crippen LogP contribution is -2.18. The van der Waals surface area contributed by atoms with E-state index in [9.17, 15) is 14.9 Å². The monoisotopic (exact) mass is 249 g/mol. The Labute approximate surface area is 105 Å². The number of hydrogen-bond acceptors (Lipinski definition) is 4. The first kappa shape index (κ1) is 13.7. The first-order valence-electron chi connectivity index (χ1n) is 5.39. The van der Waals surface area contributed by atoms with E-state index in [2.05, 4.69) is 17.2 Å². The first-order chi connectivity index (χ1) is 8.49. The zero-order valence-corrected chi connectivity index (χ0v) is 10.3. The molecule has 1 rings (SSSR count). The molecule has 1 unspecified atom stereocenters. The van der Waals surface area contributed by atoms with Crippen molar-refractivity contribution in [3.8, 4) is 0 Å². The number of rotatable bonds is 5. The van der Waals surface area contributed by atoms with Crippen LogP contribution >= 0.6 is 0 Å². The molecule has 0 bridgehead atoms. The van der Waals surface area contributed by atoms with Crippen molar-refractivity contribution in [2.45, 2.75) is 13.0 Å². The number of nitrogens with one attached hydrogen (secondary N) is 2. The van der Waals surface area contributed by atoms with E-state index in [1.165, 1.54) is 25.2 Å². The zero-order valence-electron chi connectivity index (χ0n) is 10.3. The molecule has 6 nitrogen and oxygen atoms in total. The molecule has 0 spiro atoms. The van der Waals surface area contributed by atoms with Gasteiger partial charge in [-0.3, -0.25) is 14.9 Å². The molecule has 0 aliphatic carbocycles. The third-order valence-electron chi connectivity index (χ3n) is 2.42. The Balaban J connectivity index is 3.16. The summed E-state index contributed by atoms with van der Waals surface area (Å²) in [7, 11) is 1.47. The highest BCUT2D eigenvalue weighted by atomic mass is 16.6. The van der Waals surface area contributed by atoms with Gasteiger partial charge in [-0.1, -0.05) is 6.08 Å². The van der Waals surface area contributed by atoms with Crippen LogP contribution < -0.4 is 10.6 Å². The Hall–Kier alpha value is -2.37. The van der Waals surface area contributed by atoms with Gasteiger partial charge in [-0.2, -0.15) is 0 Å². The van der Waals surface area contributed by atoms with Crippen LogP contribution in [0.4, 0.5) is 11.4 Å². The number of nitro benzene ring substituents is 1. The number of carbonyl (C=O) groups excluding carboxylic acids is 1. The molecular weight excluding hydrogens is 234 g/mol. The number of anilines is 1. The fourth-order valence-electron chi connectivity index (χ4n) is 1.39. The van der Waals surface area contributed by atoms with Crippen molar-refractivity contribution in [1.29, 1.82) is 0 Å². The number of carbonyl (C=O) groups is 1. The van der Waals surface area contributed by atoms with E-state index in [-0.39, 0.29) is 23.2 Å². The van der Waals surface area contributed by atoms with Gasteiger partial charge in [-0.25, -0.2) is 0 Å². The molecule has 0 aromatic heterocycles. The molecule has 0 saturated carbocycles. The minimum absolute atomic E-state index is 0.102. The topological polar surface area (TPSA) is 84.3 Å². The Kier molecular flexibility index (Phi) is 4.42. The Morgan fingerprint density at radius 3 is 2.72 bits per heavy atom. The minimum atomic E-state index is -0.523. The molecule has 1 aromatic carbocycles. The third kappa shape index (κ3) is 3.07. The summed E-state index contributed by atoms with van der Waals surface area (Å²) in [5.74, 6) is -0.360. The molecule has 0 aliphatic rings. The smallest absolute Gasteiger partial charge is 0.293 e. The molecule has 0 fully saturated rings. The van der Waals surface area contributed by atoms with Crippen LogP contribution in [0, 0.1) is 10.1 Å². The zero-order chi connectivity index (χ0) is 13.7. The normalized spacial score (nSPS) is 11.4. The number of benzene rings is 1. The lowest BCUT2D eigenvalue weighted by atomic mass is 10.1. The number of amides is 1. The molecule has 2 N–H and O–H groups in total. The minimum Gasteiger partial charge on any atom is -0.374 e. The maximum absolute atomic E-state index is 11.4. The summed E-state index contributed by atoms with van der Waals surface area (Å²) < 4.78 is 0. The van der Waals surface area contributed by atoms with Crippen molar-refractivity contribution in [2.24, 2.45) is 0 Å². The second kappa shape index (κ2) is 5.81. The molecule has 18 heavy (non-hydrogen) atoms. The fraction of sp³-hybridized carbons (Fsp3) is 0.250. The quantitative estimate of drug-likeness (QED) is 0.474. The van der Waals surface area contributed by atoms with Crippen molar-refractivity contribution < 1.29 is 9.72 Å². The van der Waals surface area contributed by atoms with Crippen LogP contribution in [0.5, 0.6) is 0 Å². The summed E-state index contributed by atoms with van der Waals surface area (Å²) in [6.07, 6.45) is 1.64. The first-order valence-corrected chi connectivity index (χ1v) is 5.39. The molecule has 0 radical (unpaired) electrons.